The number of imidazole rings is 1. The predicted octanol–water partition coefficient (Wildman–Crippen LogP) is 1.73. The van der Waals surface area contributed by atoms with E-state index in [1.54, 1.807) is 24.4 Å². The normalized spacial score (nSPS) is 17.5. The Morgan fingerprint density at radius 3 is 3.08 bits per heavy atom. The van der Waals surface area contributed by atoms with Gasteiger partial charge in [-0.15, -0.1) is 0 Å². The number of aromatic nitrogens is 4. The molecule has 1 aliphatic heterocycles. The van der Waals surface area contributed by atoms with Gasteiger partial charge in [0, 0.05) is 19.3 Å². The van der Waals surface area contributed by atoms with Gasteiger partial charge in [0.05, 0.1) is 24.3 Å². The van der Waals surface area contributed by atoms with Gasteiger partial charge in [0.1, 0.15) is 22.9 Å². The average molecular weight is 376 g/mol. The molecule has 4 heterocycles. The van der Waals surface area contributed by atoms with Crippen LogP contribution >= 0.6 is 11.6 Å². The lowest BCUT2D eigenvalue weighted by molar-refractivity contribution is 0.240. The number of nitrogens with zero attached hydrogens (tertiary/aromatic N) is 4. The highest BCUT2D eigenvalue weighted by atomic mass is 35.5. The number of pyridine rings is 2. The number of rotatable bonds is 1. The maximum absolute atomic E-state index is 12.6. The minimum atomic E-state index is -0.359. The Bertz CT molecular complexity index is 1020. The molecule has 1 atom stereocenters. The third-order valence-electron chi connectivity index (χ3n) is 4.61. The molecule has 0 amide bonds. The van der Waals surface area contributed by atoms with Crippen LogP contribution in [-0.4, -0.2) is 50.9 Å². The Labute approximate surface area is 154 Å². The first-order chi connectivity index (χ1) is 12.6. The Kier molecular flexibility index (Phi) is 4.29. The smallest absolute Gasteiger partial charge is 0.333 e. The number of hydrogen-bond donors (Lipinski definition) is 2. The third-order valence-corrected chi connectivity index (χ3v) is 4.91. The lowest BCUT2D eigenvalue weighted by Crippen LogP contribution is -2.36. The van der Waals surface area contributed by atoms with E-state index in [9.17, 15) is 9.90 Å². The molecule has 2 N–H and O–H groups in total. The van der Waals surface area contributed by atoms with Crippen LogP contribution in [0.5, 0.6) is 5.75 Å². The quantitative estimate of drug-likeness (QED) is 0.672. The maximum atomic E-state index is 12.6. The standard InChI is InChI=1S/C17H18ClN5O3/c1-22-10(9-24)3-2-8-26-12-6-7-19-15-14(12)23(17(25)21-15)13-5-4-11(18)16(22)20-13/h4-7,10,24H,2-3,8-9H2,1H3,(H,19,21,25). The number of anilines is 1. The second-order valence-electron chi connectivity index (χ2n) is 6.18. The average Bonchev–Trinajstić information content (AvgIpc) is 2.97. The van der Waals surface area contributed by atoms with E-state index in [0.29, 0.717) is 46.6 Å². The molecule has 136 valence electrons. The SMILES string of the molecule is CN1c2nc(ccc2Cl)-n2c(=O)[nH]c3nccc(c32)OCCCC1CO. The van der Waals surface area contributed by atoms with E-state index in [0.717, 1.165) is 6.42 Å². The van der Waals surface area contributed by atoms with E-state index < -0.39 is 0 Å². The molecule has 26 heavy (non-hydrogen) atoms. The molecule has 3 aromatic rings. The molecule has 0 spiro atoms. The summed E-state index contributed by atoms with van der Waals surface area (Å²) < 4.78 is 7.33. The molecular weight excluding hydrogens is 358 g/mol. The number of aromatic amines is 1. The van der Waals surface area contributed by atoms with Gasteiger partial charge in [0.25, 0.3) is 0 Å². The summed E-state index contributed by atoms with van der Waals surface area (Å²) in [6.45, 7) is 0.422. The van der Waals surface area contributed by atoms with Crippen LogP contribution in [0.25, 0.3) is 17.0 Å². The second kappa shape index (κ2) is 6.62. The monoisotopic (exact) mass is 375 g/mol. The van der Waals surface area contributed by atoms with Crippen molar-refractivity contribution in [2.75, 3.05) is 25.2 Å². The van der Waals surface area contributed by atoms with Crippen molar-refractivity contribution in [2.24, 2.45) is 0 Å². The van der Waals surface area contributed by atoms with Crippen LogP contribution in [0.15, 0.2) is 29.2 Å². The molecule has 1 aliphatic rings. The zero-order valence-electron chi connectivity index (χ0n) is 14.1. The highest BCUT2D eigenvalue weighted by Crippen LogP contribution is 2.30. The molecule has 0 fully saturated rings. The molecule has 9 heteroatoms. The fraction of sp³-hybridized carbons (Fsp3) is 0.353. The first-order valence-corrected chi connectivity index (χ1v) is 8.71. The summed E-state index contributed by atoms with van der Waals surface area (Å²) >= 11 is 6.34. The van der Waals surface area contributed by atoms with Crippen molar-refractivity contribution >= 4 is 28.6 Å². The summed E-state index contributed by atoms with van der Waals surface area (Å²) in [6, 6.07) is 4.94. The number of H-pyrrole nitrogens is 1. The van der Waals surface area contributed by atoms with E-state index in [4.69, 9.17) is 16.3 Å². The number of aliphatic hydroxyl groups excluding tert-OH is 1. The van der Waals surface area contributed by atoms with Crippen molar-refractivity contribution in [3.63, 3.8) is 0 Å². The molecule has 0 saturated carbocycles. The number of halogens is 1. The number of fused-ring (bicyclic) bond motifs is 3. The second-order valence-corrected chi connectivity index (χ2v) is 6.59. The van der Waals surface area contributed by atoms with Gasteiger partial charge in [0.15, 0.2) is 5.65 Å². The highest BCUT2D eigenvalue weighted by molar-refractivity contribution is 6.33. The molecule has 0 radical (unpaired) electrons. The molecule has 8 nitrogen and oxygen atoms in total. The fourth-order valence-corrected chi connectivity index (χ4v) is 3.45. The summed E-state index contributed by atoms with van der Waals surface area (Å²) in [7, 11) is 1.83. The summed E-state index contributed by atoms with van der Waals surface area (Å²) in [6.07, 6.45) is 3.03. The van der Waals surface area contributed by atoms with Crippen LogP contribution in [0.4, 0.5) is 5.82 Å². The Balaban J connectivity index is 2.00. The first kappa shape index (κ1) is 16.9. The van der Waals surface area contributed by atoms with E-state index in [1.807, 2.05) is 11.9 Å². The van der Waals surface area contributed by atoms with E-state index in [2.05, 4.69) is 15.0 Å². The van der Waals surface area contributed by atoms with Crippen molar-refractivity contribution in [1.29, 1.82) is 0 Å². The third kappa shape index (κ3) is 2.71. The molecule has 2 bridgehead atoms. The van der Waals surface area contributed by atoms with Crippen LogP contribution in [-0.2, 0) is 0 Å². The number of nitrogens with one attached hydrogen (secondary N) is 1. The number of hydrogen-bond acceptors (Lipinski definition) is 6. The van der Waals surface area contributed by atoms with Crippen LogP contribution in [0.1, 0.15) is 12.8 Å². The van der Waals surface area contributed by atoms with E-state index in [-0.39, 0.29) is 18.3 Å². The van der Waals surface area contributed by atoms with Crippen molar-refractivity contribution < 1.29 is 9.84 Å². The van der Waals surface area contributed by atoms with Crippen LogP contribution < -0.4 is 15.3 Å². The van der Waals surface area contributed by atoms with Gasteiger partial charge >= 0.3 is 5.69 Å². The predicted molar refractivity (Wildman–Crippen MR) is 98.5 cm³/mol. The van der Waals surface area contributed by atoms with Crippen LogP contribution in [0, 0.1) is 0 Å². The zero-order chi connectivity index (χ0) is 18.3. The minimum absolute atomic E-state index is 0.0341. The fourth-order valence-electron chi connectivity index (χ4n) is 3.21. The van der Waals surface area contributed by atoms with Gasteiger partial charge in [-0.2, -0.15) is 0 Å². The van der Waals surface area contributed by atoms with Gasteiger partial charge in [-0.05, 0) is 25.0 Å². The minimum Gasteiger partial charge on any atom is -0.491 e. The summed E-state index contributed by atoms with van der Waals surface area (Å²) in [5.74, 6) is 1.47. The Morgan fingerprint density at radius 1 is 1.42 bits per heavy atom. The van der Waals surface area contributed by atoms with Crippen molar-refractivity contribution in [2.45, 2.75) is 18.9 Å². The zero-order valence-corrected chi connectivity index (χ0v) is 14.9. The Morgan fingerprint density at radius 2 is 2.27 bits per heavy atom. The lowest BCUT2D eigenvalue weighted by atomic mass is 10.1. The molecule has 0 saturated heterocycles. The molecular formula is C17H18ClN5O3. The summed E-state index contributed by atoms with van der Waals surface area (Å²) in [4.78, 5) is 25.9. The van der Waals surface area contributed by atoms with Gasteiger partial charge in [-0.25, -0.2) is 19.3 Å². The summed E-state index contributed by atoms with van der Waals surface area (Å²) in [5, 5.41) is 10.2. The molecule has 1 unspecified atom stereocenters. The van der Waals surface area contributed by atoms with E-state index >= 15 is 0 Å². The molecule has 0 aliphatic carbocycles. The topological polar surface area (TPSA) is 96.3 Å². The van der Waals surface area contributed by atoms with E-state index in [1.165, 1.54) is 4.57 Å². The number of ether oxygens (including phenoxy) is 1. The number of aliphatic hydroxyl groups is 1. The van der Waals surface area contributed by atoms with Gasteiger partial charge in [-0.1, -0.05) is 11.6 Å². The first-order valence-electron chi connectivity index (χ1n) is 8.33. The lowest BCUT2D eigenvalue weighted by Gasteiger charge is -2.29. The van der Waals surface area contributed by atoms with Gasteiger partial charge in [0.2, 0.25) is 0 Å². The van der Waals surface area contributed by atoms with Gasteiger partial charge in [-0.3, -0.25) is 4.98 Å². The van der Waals surface area contributed by atoms with Crippen molar-refractivity contribution in [1.82, 2.24) is 19.5 Å². The maximum Gasteiger partial charge on any atom is 0.333 e. The van der Waals surface area contributed by atoms with Gasteiger partial charge < -0.3 is 14.7 Å². The summed E-state index contributed by atoms with van der Waals surface area (Å²) in [5.41, 5.74) is 0.618. The largest absolute Gasteiger partial charge is 0.491 e. The highest BCUT2D eigenvalue weighted by Gasteiger charge is 2.22. The van der Waals surface area contributed by atoms with Crippen molar-refractivity contribution in [3.05, 3.63) is 39.9 Å². The molecule has 3 aromatic heterocycles. The number of likely N-dealkylation sites (N-methyl/N-ethyl adjacent to an activating group) is 1. The van der Waals surface area contributed by atoms with Crippen LogP contribution in [0.3, 0.4) is 0 Å². The Hall–Kier alpha value is -2.58. The molecule has 4 rings (SSSR count). The van der Waals surface area contributed by atoms with Crippen molar-refractivity contribution in [3.8, 4) is 11.6 Å². The van der Waals surface area contributed by atoms with Crippen LogP contribution in [0.2, 0.25) is 5.02 Å². The molecule has 0 aromatic carbocycles.